The summed E-state index contributed by atoms with van der Waals surface area (Å²) in [6, 6.07) is 21.3. The molecule has 29 heavy (non-hydrogen) atoms. The molecule has 0 N–H and O–H groups in total. The van der Waals surface area contributed by atoms with Crippen molar-refractivity contribution in [1.29, 1.82) is 0 Å². The van der Waals surface area contributed by atoms with E-state index in [4.69, 9.17) is 4.98 Å². The van der Waals surface area contributed by atoms with Crippen LogP contribution in [0.2, 0.25) is 0 Å². The molecule has 0 amide bonds. The first-order valence-electron chi connectivity index (χ1n) is 10.4. The molecule has 1 aromatic heterocycles. The highest BCUT2D eigenvalue weighted by Gasteiger charge is 2.20. The zero-order valence-corrected chi connectivity index (χ0v) is 17.3. The lowest BCUT2D eigenvalue weighted by molar-refractivity contribution is 0.639. The maximum Gasteiger partial charge on any atom is 0.227 e. The van der Waals surface area contributed by atoms with Crippen molar-refractivity contribution in [2.75, 3.05) is 47.4 Å². The molecule has 0 aliphatic carbocycles. The van der Waals surface area contributed by atoms with Crippen molar-refractivity contribution in [3.63, 3.8) is 0 Å². The van der Waals surface area contributed by atoms with E-state index in [0.717, 1.165) is 51.0 Å². The summed E-state index contributed by atoms with van der Waals surface area (Å²) in [4.78, 5) is 16.5. The highest BCUT2D eigenvalue weighted by Crippen LogP contribution is 2.21. The Morgan fingerprint density at radius 3 is 2.38 bits per heavy atom. The lowest BCUT2D eigenvalue weighted by Crippen LogP contribution is -2.47. The van der Waals surface area contributed by atoms with Crippen molar-refractivity contribution in [2.24, 2.45) is 0 Å². The number of hydrogen-bond acceptors (Lipinski definition) is 5. The number of aromatic nitrogens is 2. The molecule has 0 unspecified atom stereocenters. The van der Waals surface area contributed by atoms with Gasteiger partial charge in [0, 0.05) is 51.2 Å². The third-order valence-electron chi connectivity index (χ3n) is 5.48. The Bertz CT molecular complexity index is 919. The minimum atomic E-state index is 0.831. The van der Waals surface area contributed by atoms with Crippen LogP contribution in [-0.4, -0.2) is 42.7 Å². The smallest absolute Gasteiger partial charge is 0.227 e. The molecule has 0 atom stereocenters. The Balaban J connectivity index is 1.43. The molecule has 1 saturated heterocycles. The Morgan fingerprint density at radius 1 is 0.897 bits per heavy atom. The van der Waals surface area contributed by atoms with Crippen LogP contribution in [-0.2, 0) is 6.54 Å². The first kappa shape index (κ1) is 19.2. The van der Waals surface area contributed by atoms with Crippen molar-refractivity contribution < 1.29 is 0 Å². The molecule has 0 bridgehead atoms. The topological polar surface area (TPSA) is 35.5 Å². The summed E-state index contributed by atoms with van der Waals surface area (Å²) in [5.74, 6) is 1.82. The van der Waals surface area contributed by atoms with Gasteiger partial charge in [-0.15, -0.1) is 0 Å². The SMILES string of the molecule is CCN(Cc1ccccc1)c1ccnc(N2CCN(c3cccc(C)c3)CC2)n1. The van der Waals surface area contributed by atoms with Crippen molar-refractivity contribution >= 4 is 17.5 Å². The third kappa shape index (κ3) is 4.67. The van der Waals surface area contributed by atoms with Gasteiger partial charge in [0.15, 0.2) is 0 Å². The van der Waals surface area contributed by atoms with Gasteiger partial charge in [0.2, 0.25) is 5.95 Å². The summed E-state index contributed by atoms with van der Waals surface area (Å²) in [6.07, 6.45) is 1.89. The highest BCUT2D eigenvalue weighted by molar-refractivity contribution is 5.51. The summed E-state index contributed by atoms with van der Waals surface area (Å²) < 4.78 is 0. The summed E-state index contributed by atoms with van der Waals surface area (Å²) in [7, 11) is 0. The molecule has 0 spiro atoms. The van der Waals surface area contributed by atoms with Crippen LogP contribution in [0.5, 0.6) is 0 Å². The molecular weight excluding hydrogens is 358 g/mol. The minimum absolute atomic E-state index is 0.831. The van der Waals surface area contributed by atoms with Gasteiger partial charge >= 0.3 is 0 Å². The van der Waals surface area contributed by atoms with Crippen LogP contribution in [0.15, 0.2) is 66.9 Å². The summed E-state index contributed by atoms with van der Waals surface area (Å²) in [6.45, 7) is 9.92. The second kappa shape index (κ2) is 8.95. The van der Waals surface area contributed by atoms with Crippen molar-refractivity contribution in [3.8, 4) is 0 Å². The fourth-order valence-electron chi connectivity index (χ4n) is 3.82. The van der Waals surface area contributed by atoms with E-state index in [1.54, 1.807) is 0 Å². The minimum Gasteiger partial charge on any atom is -0.368 e. The van der Waals surface area contributed by atoms with Crippen LogP contribution in [0, 0.1) is 6.92 Å². The first-order chi connectivity index (χ1) is 14.2. The zero-order chi connectivity index (χ0) is 20.1. The first-order valence-corrected chi connectivity index (χ1v) is 10.4. The number of aryl methyl sites for hydroxylation is 1. The predicted molar refractivity (Wildman–Crippen MR) is 121 cm³/mol. The monoisotopic (exact) mass is 387 g/mol. The van der Waals surface area contributed by atoms with Gasteiger partial charge in [-0.1, -0.05) is 42.5 Å². The van der Waals surface area contributed by atoms with Gasteiger partial charge in [-0.25, -0.2) is 4.98 Å². The van der Waals surface area contributed by atoms with E-state index in [1.165, 1.54) is 16.8 Å². The van der Waals surface area contributed by atoms with E-state index in [0.29, 0.717) is 0 Å². The van der Waals surface area contributed by atoms with E-state index in [1.807, 2.05) is 12.3 Å². The third-order valence-corrected chi connectivity index (χ3v) is 5.48. The number of nitrogens with zero attached hydrogens (tertiary/aromatic N) is 5. The Kier molecular flexibility index (Phi) is 5.94. The average Bonchev–Trinajstić information content (AvgIpc) is 2.78. The standard InChI is InChI=1S/C24H29N5/c1-3-27(19-21-9-5-4-6-10-21)23-12-13-25-24(26-23)29-16-14-28(15-17-29)22-11-7-8-20(2)18-22/h4-13,18H,3,14-17,19H2,1-2H3. The van der Waals surface area contributed by atoms with E-state index in [2.05, 4.69) is 88.1 Å². The predicted octanol–water partition coefficient (Wildman–Crippen LogP) is 4.14. The van der Waals surface area contributed by atoms with E-state index in [9.17, 15) is 0 Å². The van der Waals surface area contributed by atoms with Crippen molar-refractivity contribution in [2.45, 2.75) is 20.4 Å². The van der Waals surface area contributed by atoms with Crippen LogP contribution in [0.25, 0.3) is 0 Å². The van der Waals surface area contributed by atoms with Crippen LogP contribution in [0.4, 0.5) is 17.5 Å². The van der Waals surface area contributed by atoms with Crippen molar-refractivity contribution in [1.82, 2.24) is 9.97 Å². The molecule has 2 aromatic carbocycles. The number of rotatable bonds is 6. The molecule has 0 radical (unpaired) electrons. The molecule has 1 aliphatic heterocycles. The van der Waals surface area contributed by atoms with Crippen LogP contribution in [0.1, 0.15) is 18.1 Å². The van der Waals surface area contributed by atoms with Gasteiger partial charge < -0.3 is 14.7 Å². The van der Waals surface area contributed by atoms with Gasteiger partial charge in [-0.05, 0) is 43.2 Å². The Labute approximate surface area is 173 Å². The van der Waals surface area contributed by atoms with E-state index < -0.39 is 0 Å². The number of benzene rings is 2. The fraction of sp³-hybridized carbons (Fsp3) is 0.333. The normalized spacial score (nSPS) is 14.1. The van der Waals surface area contributed by atoms with Gasteiger partial charge in [-0.3, -0.25) is 0 Å². The quantitative estimate of drug-likeness (QED) is 0.635. The maximum atomic E-state index is 4.90. The molecule has 4 rings (SSSR count). The molecule has 5 nitrogen and oxygen atoms in total. The number of anilines is 3. The average molecular weight is 388 g/mol. The van der Waals surface area contributed by atoms with Crippen LogP contribution < -0.4 is 14.7 Å². The second-order valence-electron chi connectivity index (χ2n) is 7.53. The maximum absolute atomic E-state index is 4.90. The fourth-order valence-corrected chi connectivity index (χ4v) is 3.82. The van der Waals surface area contributed by atoms with Crippen LogP contribution >= 0.6 is 0 Å². The summed E-state index contributed by atoms with van der Waals surface area (Å²) in [5, 5.41) is 0. The van der Waals surface area contributed by atoms with Gasteiger partial charge in [0.25, 0.3) is 0 Å². The largest absolute Gasteiger partial charge is 0.368 e. The molecule has 1 aliphatic rings. The van der Waals surface area contributed by atoms with E-state index in [-0.39, 0.29) is 0 Å². The molecule has 2 heterocycles. The zero-order valence-electron chi connectivity index (χ0n) is 17.3. The summed E-state index contributed by atoms with van der Waals surface area (Å²) in [5.41, 5.74) is 3.90. The summed E-state index contributed by atoms with van der Waals surface area (Å²) >= 11 is 0. The van der Waals surface area contributed by atoms with E-state index >= 15 is 0 Å². The number of piperazine rings is 1. The van der Waals surface area contributed by atoms with Crippen LogP contribution in [0.3, 0.4) is 0 Å². The highest BCUT2D eigenvalue weighted by atomic mass is 15.3. The van der Waals surface area contributed by atoms with Crippen molar-refractivity contribution in [3.05, 3.63) is 78.0 Å². The van der Waals surface area contributed by atoms with Gasteiger partial charge in [0.05, 0.1) is 0 Å². The lowest BCUT2D eigenvalue weighted by atomic mass is 10.2. The Morgan fingerprint density at radius 2 is 1.66 bits per heavy atom. The molecule has 5 heteroatoms. The Hall–Kier alpha value is -3.08. The molecule has 1 fully saturated rings. The molecule has 0 saturated carbocycles. The second-order valence-corrected chi connectivity index (χ2v) is 7.53. The molecular formula is C24H29N5. The molecule has 3 aromatic rings. The van der Waals surface area contributed by atoms with Gasteiger partial charge in [0.1, 0.15) is 5.82 Å². The van der Waals surface area contributed by atoms with Gasteiger partial charge in [-0.2, -0.15) is 4.98 Å². The molecule has 150 valence electrons. The number of hydrogen-bond donors (Lipinski definition) is 0. The lowest BCUT2D eigenvalue weighted by Gasteiger charge is -2.36.